The Hall–Kier alpha value is 0.260. The van der Waals surface area contributed by atoms with Gasteiger partial charge in [0.15, 0.2) is 4.30 Å². The number of nitrogens with two attached hydrogens (primary N) is 1. The standard InChI is InChI=1S/C5H11NO2.CHCl3.CH4O/c1-3(2)4(6)5(7)8;2-1(3)4;1-2/h3-4H,6H2,1-2H3,(H,7,8);1H;2H,1H3. The molecule has 0 spiro atoms. The van der Waals surface area contributed by atoms with Gasteiger partial charge in [0.05, 0.1) is 0 Å². The normalized spacial score (nSPS) is 11.0. The quantitative estimate of drug-likeness (QED) is 0.665. The zero-order chi connectivity index (χ0) is 12.3. The largest absolute Gasteiger partial charge is 0.480 e. The van der Waals surface area contributed by atoms with Crippen molar-refractivity contribution in [2.24, 2.45) is 11.7 Å². The number of carbonyl (C=O) groups is 1. The maximum absolute atomic E-state index is 10.0. The first kappa shape index (κ1) is 19.8. The third-order valence-electron chi connectivity index (χ3n) is 1.00. The summed E-state index contributed by atoms with van der Waals surface area (Å²) in [6.45, 7) is 3.55. The topological polar surface area (TPSA) is 83.6 Å². The van der Waals surface area contributed by atoms with E-state index in [2.05, 4.69) is 0 Å². The Morgan fingerprint density at radius 2 is 1.43 bits per heavy atom. The van der Waals surface area contributed by atoms with E-state index in [1.807, 2.05) is 0 Å². The van der Waals surface area contributed by atoms with Gasteiger partial charge < -0.3 is 15.9 Å². The molecule has 0 aliphatic rings. The number of aliphatic carboxylic acids is 1. The molecule has 1 atom stereocenters. The van der Waals surface area contributed by atoms with E-state index in [1.165, 1.54) is 0 Å². The van der Waals surface area contributed by atoms with Crippen LogP contribution in [0, 0.1) is 5.92 Å². The maximum Gasteiger partial charge on any atom is 0.320 e. The number of hydrogen-bond donors (Lipinski definition) is 3. The number of aliphatic hydroxyl groups is 1. The van der Waals surface area contributed by atoms with Crippen LogP contribution in [0.15, 0.2) is 0 Å². The molecule has 0 rings (SSSR count). The van der Waals surface area contributed by atoms with Gasteiger partial charge in [-0.3, -0.25) is 4.79 Å². The lowest BCUT2D eigenvalue weighted by Crippen LogP contribution is -2.34. The second-order valence-electron chi connectivity index (χ2n) is 2.36. The molecule has 0 saturated carbocycles. The second kappa shape index (κ2) is 13.3. The van der Waals surface area contributed by atoms with Crippen LogP contribution in [0.2, 0.25) is 0 Å². The number of carboxylic acids is 1. The lowest BCUT2D eigenvalue weighted by Gasteiger charge is -2.07. The number of halogens is 3. The van der Waals surface area contributed by atoms with E-state index >= 15 is 0 Å². The SMILES string of the molecule is CC(C)C(N)C(=O)O.CO.ClC(Cl)Cl. The van der Waals surface area contributed by atoms with Crippen molar-refractivity contribution in [3.63, 3.8) is 0 Å². The minimum absolute atomic E-state index is 0.0208. The van der Waals surface area contributed by atoms with Gasteiger partial charge in [-0.05, 0) is 5.92 Å². The Morgan fingerprint density at radius 3 is 1.43 bits per heavy atom. The first-order valence-corrected chi connectivity index (χ1v) is 4.95. The highest BCUT2D eigenvalue weighted by Gasteiger charge is 2.14. The molecule has 0 aromatic carbocycles. The summed E-state index contributed by atoms with van der Waals surface area (Å²) in [6, 6.07) is -0.713. The van der Waals surface area contributed by atoms with Crippen LogP contribution < -0.4 is 5.73 Å². The van der Waals surface area contributed by atoms with Gasteiger partial charge in [0.1, 0.15) is 6.04 Å². The molecule has 1 unspecified atom stereocenters. The van der Waals surface area contributed by atoms with Gasteiger partial charge in [0.25, 0.3) is 0 Å². The molecule has 7 heteroatoms. The maximum atomic E-state index is 10.0. The Kier molecular flexibility index (Phi) is 18.7. The molecule has 0 aromatic heterocycles. The third-order valence-corrected chi connectivity index (χ3v) is 1.00. The number of aliphatic hydroxyl groups excluding tert-OH is 1. The highest BCUT2D eigenvalue weighted by Crippen LogP contribution is 2.03. The average molecular weight is 269 g/mol. The van der Waals surface area contributed by atoms with Gasteiger partial charge in [0, 0.05) is 7.11 Å². The van der Waals surface area contributed by atoms with E-state index in [0.717, 1.165) is 7.11 Å². The summed E-state index contributed by atoms with van der Waals surface area (Å²) in [7, 11) is 1.00. The number of rotatable bonds is 2. The monoisotopic (exact) mass is 267 g/mol. The van der Waals surface area contributed by atoms with Gasteiger partial charge in [-0.25, -0.2) is 0 Å². The van der Waals surface area contributed by atoms with Crippen molar-refractivity contribution in [3.8, 4) is 0 Å². The molecule has 0 heterocycles. The lowest BCUT2D eigenvalue weighted by atomic mass is 10.1. The smallest absolute Gasteiger partial charge is 0.320 e. The van der Waals surface area contributed by atoms with E-state index in [9.17, 15) is 4.79 Å². The molecule has 0 aromatic rings. The van der Waals surface area contributed by atoms with Crippen molar-refractivity contribution in [1.82, 2.24) is 0 Å². The Balaban J connectivity index is -0.000000170. The minimum atomic E-state index is -0.931. The average Bonchev–Trinajstić information content (AvgIpc) is 2.05. The van der Waals surface area contributed by atoms with Crippen molar-refractivity contribution in [2.45, 2.75) is 24.2 Å². The highest BCUT2D eigenvalue weighted by molar-refractivity contribution is 6.63. The van der Waals surface area contributed by atoms with Crippen molar-refractivity contribution >= 4 is 40.8 Å². The van der Waals surface area contributed by atoms with Gasteiger partial charge in [-0.1, -0.05) is 48.7 Å². The molecular formula is C7H16Cl3NO3. The molecule has 0 amide bonds. The zero-order valence-corrected chi connectivity index (χ0v) is 10.5. The van der Waals surface area contributed by atoms with Crippen LogP contribution in [0.4, 0.5) is 0 Å². The number of hydrogen-bond acceptors (Lipinski definition) is 3. The lowest BCUT2D eigenvalue weighted by molar-refractivity contribution is -0.139. The fraction of sp³-hybridized carbons (Fsp3) is 0.857. The number of alkyl halides is 3. The van der Waals surface area contributed by atoms with E-state index in [-0.39, 0.29) is 5.92 Å². The van der Waals surface area contributed by atoms with Crippen LogP contribution in [0.1, 0.15) is 13.8 Å². The van der Waals surface area contributed by atoms with Crippen LogP contribution in [0.25, 0.3) is 0 Å². The van der Waals surface area contributed by atoms with E-state index in [4.69, 9.17) is 50.7 Å². The first-order valence-electron chi connectivity index (χ1n) is 3.64. The summed E-state index contributed by atoms with van der Waals surface area (Å²) in [5.74, 6) is -0.910. The predicted molar refractivity (Wildman–Crippen MR) is 59.9 cm³/mol. The summed E-state index contributed by atoms with van der Waals surface area (Å²) < 4.78 is -0.750. The molecule has 0 radical (unpaired) electrons. The van der Waals surface area contributed by atoms with E-state index < -0.39 is 16.3 Å². The molecule has 88 valence electrons. The fourth-order valence-electron chi connectivity index (χ4n) is 0.285. The van der Waals surface area contributed by atoms with Gasteiger partial charge in [-0.2, -0.15) is 0 Å². The molecule has 4 N–H and O–H groups in total. The van der Waals surface area contributed by atoms with Gasteiger partial charge in [0.2, 0.25) is 0 Å². The summed E-state index contributed by atoms with van der Waals surface area (Å²) in [5.41, 5.74) is 5.16. The van der Waals surface area contributed by atoms with Gasteiger partial charge in [-0.15, -0.1) is 0 Å². The Morgan fingerprint density at radius 1 is 1.21 bits per heavy atom. The van der Waals surface area contributed by atoms with Crippen LogP contribution in [-0.4, -0.2) is 33.6 Å². The van der Waals surface area contributed by atoms with Crippen molar-refractivity contribution in [1.29, 1.82) is 0 Å². The Labute approximate surface area is 98.9 Å². The molecule has 4 nitrogen and oxygen atoms in total. The second-order valence-corrected chi connectivity index (χ2v) is 4.33. The summed E-state index contributed by atoms with van der Waals surface area (Å²) in [4.78, 5) is 10.0. The molecule has 14 heavy (non-hydrogen) atoms. The van der Waals surface area contributed by atoms with Crippen LogP contribution >= 0.6 is 34.8 Å². The molecule has 0 fully saturated rings. The highest BCUT2D eigenvalue weighted by atomic mass is 35.6. The summed E-state index contributed by atoms with van der Waals surface area (Å²) >= 11 is 14.4. The molecule has 0 saturated heterocycles. The summed E-state index contributed by atoms with van der Waals surface area (Å²) in [5, 5.41) is 15.2. The first-order chi connectivity index (χ1) is 6.29. The van der Waals surface area contributed by atoms with Crippen molar-refractivity contribution in [2.75, 3.05) is 7.11 Å². The summed E-state index contributed by atoms with van der Waals surface area (Å²) in [6.07, 6.45) is 0. The van der Waals surface area contributed by atoms with E-state index in [0.29, 0.717) is 0 Å². The molecule has 0 bridgehead atoms. The molecule has 0 aliphatic carbocycles. The van der Waals surface area contributed by atoms with E-state index in [1.54, 1.807) is 13.8 Å². The fourth-order valence-corrected chi connectivity index (χ4v) is 0.285. The predicted octanol–water partition coefficient (Wildman–Crippen LogP) is 1.65. The zero-order valence-electron chi connectivity index (χ0n) is 8.25. The van der Waals surface area contributed by atoms with Crippen LogP contribution in [-0.2, 0) is 4.79 Å². The van der Waals surface area contributed by atoms with Gasteiger partial charge >= 0.3 is 5.97 Å². The number of carboxylic acid groups (broad SMARTS) is 1. The van der Waals surface area contributed by atoms with Crippen LogP contribution in [0.5, 0.6) is 0 Å². The Bertz CT molecular complexity index is 131. The molecular weight excluding hydrogens is 252 g/mol. The molecule has 0 aliphatic heterocycles. The minimum Gasteiger partial charge on any atom is -0.480 e. The van der Waals surface area contributed by atoms with Crippen molar-refractivity contribution in [3.05, 3.63) is 0 Å². The third kappa shape index (κ3) is 22.8. The van der Waals surface area contributed by atoms with Crippen molar-refractivity contribution < 1.29 is 15.0 Å². The van der Waals surface area contributed by atoms with Crippen LogP contribution in [0.3, 0.4) is 0 Å².